The number of nitrogens with zero attached hydrogens (tertiary/aromatic N) is 2. The molecule has 2 heterocycles. The van der Waals surface area contributed by atoms with Gasteiger partial charge in [0.15, 0.2) is 11.9 Å². The van der Waals surface area contributed by atoms with E-state index in [1.165, 1.54) is 41.7 Å². The number of H-pyrrole nitrogens is 1. The normalized spacial score (nSPS) is 16.1. The van der Waals surface area contributed by atoms with Gasteiger partial charge in [-0.25, -0.2) is 4.98 Å². The number of benzene rings is 1. The lowest BCUT2D eigenvalue weighted by Gasteiger charge is -2.29. The van der Waals surface area contributed by atoms with Crippen molar-refractivity contribution in [2.75, 3.05) is 26.2 Å². The number of unbranched alkanes of at least 4 members (excludes halogenated alkanes) is 1. The van der Waals surface area contributed by atoms with E-state index in [0.717, 1.165) is 6.92 Å². The number of aliphatic hydroxyl groups excluding tert-OH is 1. The fourth-order valence-electron chi connectivity index (χ4n) is 9.18. The lowest BCUT2D eigenvalue weighted by Crippen LogP contribution is -2.62. The second-order valence-corrected chi connectivity index (χ2v) is 21.2. The summed E-state index contributed by atoms with van der Waals surface area (Å²) in [4.78, 5) is 145. The number of phenolic OH excluding ortho intramolecular Hbond substituents is 1. The molecule has 0 unspecified atom stereocenters. The number of carboxylic acids is 1. The highest BCUT2D eigenvalue weighted by molar-refractivity contribution is 5.99. The van der Waals surface area contributed by atoms with Crippen LogP contribution < -0.4 is 70.8 Å². The Labute approximate surface area is 486 Å². The van der Waals surface area contributed by atoms with Crippen LogP contribution in [-0.4, -0.2) is 182 Å². The number of rotatable bonds is 37. The largest absolute Gasteiger partial charge is 0.508 e. The number of guanidine groups is 2. The zero-order chi connectivity index (χ0) is 62.6. The summed E-state index contributed by atoms with van der Waals surface area (Å²) in [5.74, 6) is -10.8. The van der Waals surface area contributed by atoms with Crippen molar-refractivity contribution in [2.45, 2.75) is 166 Å². The molecule has 23 N–H and O–H groups in total. The van der Waals surface area contributed by atoms with E-state index in [9.17, 15) is 63.3 Å². The number of likely N-dealkylation sites (tertiary alicyclic amines) is 1. The zero-order valence-corrected chi connectivity index (χ0v) is 48.0. The number of nitrogens with two attached hydrogens (primary N) is 4. The summed E-state index contributed by atoms with van der Waals surface area (Å²) < 4.78 is 0. The summed E-state index contributed by atoms with van der Waals surface area (Å²) in [5.41, 5.74) is 22.9. The molecular formula is C53H86N18O13. The molecule has 3 rings (SSSR count). The number of amides is 9. The molecule has 10 atom stereocenters. The number of carbonyl (C=O) groups is 10. The Morgan fingerprint density at radius 2 is 1.20 bits per heavy atom. The van der Waals surface area contributed by atoms with Crippen LogP contribution in [0.15, 0.2) is 36.8 Å². The number of aliphatic hydroxyl groups is 1. The lowest BCUT2D eigenvalue weighted by atomic mass is 10.0. The van der Waals surface area contributed by atoms with E-state index >= 15 is 0 Å². The SMILES string of the molecule is CC(C)C[C@H](NC(=O)[C@H](CCCNC(=N)N)NC(=O)[C@H](Cc1ccc(O)cc1)NC(=O)[C@H](CCCCN)NC(=O)[C@H](CC(=O)O)NC(=O)[C@@H](NC(=O)[C@H](Cc1c[nH]cn1)NC(=O)[C@H]1CCCN1C(=O)[C@@H](C)CCCNC(=N)N)[C@@H](C)O)C(N)=O. The minimum Gasteiger partial charge on any atom is -0.508 e. The lowest BCUT2D eigenvalue weighted by molar-refractivity contribution is -0.143. The van der Waals surface area contributed by atoms with Gasteiger partial charge in [0.1, 0.15) is 54.1 Å². The number of aromatic amines is 1. The number of nitrogens with one attached hydrogen (secondary N) is 12. The van der Waals surface area contributed by atoms with Gasteiger partial charge >= 0.3 is 5.97 Å². The van der Waals surface area contributed by atoms with Crippen LogP contribution in [0.1, 0.15) is 110 Å². The Morgan fingerprint density at radius 1 is 0.679 bits per heavy atom. The summed E-state index contributed by atoms with van der Waals surface area (Å²) in [5, 5.41) is 68.6. The summed E-state index contributed by atoms with van der Waals surface area (Å²) in [6, 6.07) is -6.20. The van der Waals surface area contributed by atoms with Gasteiger partial charge < -0.3 is 96.0 Å². The van der Waals surface area contributed by atoms with Crippen LogP contribution in [0.2, 0.25) is 0 Å². The molecule has 0 radical (unpaired) electrons. The first-order chi connectivity index (χ1) is 39.7. The molecule has 0 bridgehead atoms. The average Bonchev–Trinajstić information content (AvgIpc) is 4.14. The smallest absolute Gasteiger partial charge is 0.305 e. The maximum absolute atomic E-state index is 14.4. The van der Waals surface area contributed by atoms with E-state index in [-0.39, 0.29) is 100 Å². The van der Waals surface area contributed by atoms with Crippen molar-refractivity contribution in [1.82, 2.24) is 62.7 Å². The van der Waals surface area contributed by atoms with Crippen LogP contribution in [0.4, 0.5) is 0 Å². The number of hydrogen-bond acceptors (Lipinski definition) is 16. The number of aromatic hydroxyl groups is 1. The van der Waals surface area contributed by atoms with Crippen LogP contribution in [0.25, 0.3) is 0 Å². The highest BCUT2D eigenvalue weighted by Crippen LogP contribution is 2.23. The second-order valence-electron chi connectivity index (χ2n) is 21.2. The molecule has 466 valence electrons. The molecule has 1 fully saturated rings. The Hall–Kier alpha value is -8.61. The Kier molecular flexibility index (Phi) is 29.4. The molecule has 1 aromatic carbocycles. The van der Waals surface area contributed by atoms with Gasteiger partial charge in [0.2, 0.25) is 53.2 Å². The second kappa shape index (κ2) is 35.4. The maximum Gasteiger partial charge on any atom is 0.305 e. The number of carbonyl (C=O) groups excluding carboxylic acids is 9. The molecule has 31 nitrogen and oxygen atoms in total. The Balaban J connectivity index is 1.90. The first-order valence-electron chi connectivity index (χ1n) is 27.9. The molecule has 2 aromatic rings. The maximum atomic E-state index is 14.4. The van der Waals surface area contributed by atoms with Gasteiger partial charge in [-0.3, -0.25) is 58.8 Å². The third kappa shape index (κ3) is 24.5. The first kappa shape index (κ1) is 69.7. The number of carboxylic acid groups (broad SMARTS) is 1. The third-order valence-corrected chi connectivity index (χ3v) is 13.6. The molecule has 1 aromatic heterocycles. The van der Waals surface area contributed by atoms with Crippen LogP contribution in [0.5, 0.6) is 5.75 Å². The molecule has 1 aliphatic heterocycles. The number of imidazole rings is 1. The highest BCUT2D eigenvalue weighted by atomic mass is 16.4. The van der Waals surface area contributed by atoms with Crippen molar-refractivity contribution in [3.05, 3.63) is 48.0 Å². The Morgan fingerprint density at radius 3 is 1.74 bits per heavy atom. The predicted octanol–water partition coefficient (Wildman–Crippen LogP) is -4.04. The van der Waals surface area contributed by atoms with Crippen molar-refractivity contribution in [1.29, 1.82) is 10.8 Å². The van der Waals surface area contributed by atoms with Crippen molar-refractivity contribution < 1.29 is 63.3 Å². The van der Waals surface area contributed by atoms with E-state index in [0.29, 0.717) is 43.5 Å². The molecule has 9 amide bonds. The fraction of sp³-hybridized carbons (Fsp3) is 0.604. The number of phenols is 1. The van der Waals surface area contributed by atoms with E-state index in [1.807, 2.05) is 13.8 Å². The summed E-state index contributed by atoms with van der Waals surface area (Å²) in [7, 11) is 0. The van der Waals surface area contributed by atoms with E-state index in [2.05, 4.69) is 57.8 Å². The summed E-state index contributed by atoms with van der Waals surface area (Å²) in [6.45, 7) is 7.36. The molecular weight excluding hydrogens is 1100 g/mol. The van der Waals surface area contributed by atoms with Gasteiger partial charge in [0, 0.05) is 44.6 Å². The summed E-state index contributed by atoms with van der Waals surface area (Å²) in [6.07, 6.45) is 1.87. The minimum atomic E-state index is -1.97. The Bertz CT molecular complexity index is 2550. The molecule has 84 heavy (non-hydrogen) atoms. The molecule has 1 aliphatic rings. The van der Waals surface area contributed by atoms with Crippen molar-refractivity contribution in [3.8, 4) is 5.75 Å². The monoisotopic (exact) mass is 1180 g/mol. The van der Waals surface area contributed by atoms with Crippen molar-refractivity contribution in [2.24, 2.45) is 34.8 Å². The number of primary amides is 1. The average molecular weight is 1180 g/mol. The third-order valence-electron chi connectivity index (χ3n) is 13.6. The number of hydrogen-bond donors (Lipinski definition) is 19. The molecule has 0 spiro atoms. The fourth-order valence-corrected chi connectivity index (χ4v) is 9.18. The molecule has 1 saturated heterocycles. The minimum absolute atomic E-state index is 0.0613. The van der Waals surface area contributed by atoms with E-state index in [1.54, 1.807) is 6.92 Å². The zero-order valence-electron chi connectivity index (χ0n) is 48.0. The molecule has 0 saturated carbocycles. The van der Waals surface area contributed by atoms with Gasteiger partial charge in [-0.05, 0) is 101 Å². The van der Waals surface area contributed by atoms with Crippen LogP contribution in [-0.2, 0) is 60.8 Å². The molecule has 31 heteroatoms. The summed E-state index contributed by atoms with van der Waals surface area (Å²) >= 11 is 0. The number of aliphatic carboxylic acids is 1. The predicted molar refractivity (Wildman–Crippen MR) is 305 cm³/mol. The first-order valence-corrected chi connectivity index (χ1v) is 27.9. The van der Waals surface area contributed by atoms with Crippen LogP contribution in [0.3, 0.4) is 0 Å². The van der Waals surface area contributed by atoms with E-state index < -0.39 is 120 Å². The van der Waals surface area contributed by atoms with Gasteiger partial charge in [-0.2, -0.15) is 0 Å². The number of aromatic nitrogens is 2. The topological polar surface area (TPSA) is 523 Å². The van der Waals surface area contributed by atoms with Crippen molar-refractivity contribution >= 4 is 71.1 Å². The van der Waals surface area contributed by atoms with E-state index in [4.69, 9.17) is 33.8 Å². The van der Waals surface area contributed by atoms with Crippen LogP contribution in [0, 0.1) is 22.7 Å². The quantitative estimate of drug-likeness (QED) is 0.0174. The van der Waals surface area contributed by atoms with Gasteiger partial charge in [0.25, 0.3) is 0 Å². The van der Waals surface area contributed by atoms with Crippen molar-refractivity contribution in [3.63, 3.8) is 0 Å². The highest BCUT2D eigenvalue weighted by Gasteiger charge is 2.40. The molecule has 0 aliphatic carbocycles. The van der Waals surface area contributed by atoms with Crippen LogP contribution >= 0.6 is 0 Å². The van der Waals surface area contributed by atoms with Gasteiger partial charge in [0.05, 0.1) is 24.5 Å². The van der Waals surface area contributed by atoms with Gasteiger partial charge in [-0.1, -0.05) is 32.9 Å². The standard InChI is InChI=1S/C53H86N18O13/c1-28(2)22-36(43(55)76)66-44(77)35(12-8-20-62-53(58)59)65-46(79)37(23-31-14-16-33(73)17-15-31)67-45(78)34(11-5-6-18-54)64-47(80)39(25-41(74)75)69-50(83)42(30(4)72)70-48(81)38(24-32-26-60-27-63-32)68-49(82)40-13-9-21-71(40)51(84)29(3)10-7-19-61-52(56)57/h14-17,26-30,34-40,42,72-73H,5-13,18-25,54H2,1-4H3,(H2,55,76)(H,60,63)(H,64,80)(H,65,79)(H,66,77)(H,67,78)(H,68,82)(H,69,83)(H,70,81)(H,74,75)(H4,56,57,61)(H4,58,59,62)/t29-,30+,34-,35-,36-,37-,38-,39-,40+,42-/m0/s1. The van der Waals surface area contributed by atoms with Gasteiger partial charge in [-0.15, -0.1) is 0 Å².